The second kappa shape index (κ2) is 12.1. The first-order chi connectivity index (χ1) is 16.4. The Balaban J connectivity index is 2.44. The van der Waals surface area contributed by atoms with Crippen molar-refractivity contribution in [2.75, 3.05) is 31.3 Å². The number of hydrogen-bond donors (Lipinski definition) is 1. The normalized spacial score (nSPS) is 12.1. The van der Waals surface area contributed by atoms with Gasteiger partial charge in [0.15, 0.2) is 11.5 Å². The smallest absolute Gasteiger partial charge is 0.244 e. The molecule has 35 heavy (non-hydrogen) atoms. The van der Waals surface area contributed by atoms with Crippen LogP contribution in [0.25, 0.3) is 0 Å². The number of carbonyl (C=O) groups is 2. The highest BCUT2D eigenvalue weighted by Crippen LogP contribution is 2.32. The van der Waals surface area contributed by atoms with Crippen LogP contribution in [0, 0.1) is 0 Å². The Bertz CT molecular complexity index is 1160. The van der Waals surface area contributed by atoms with Crippen molar-refractivity contribution in [2.24, 2.45) is 0 Å². The van der Waals surface area contributed by atoms with Gasteiger partial charge in [0.05, 0.1) is 26.2 Å². The van der Waals surface area contributed by atoms with Crippen LogP contribution in [0.2, 0.25) is 5.02 Å². The molecular weight excluding hydrogens is 494 g/mol. The van der Waals surface area contributed by atoms with E-state index in [0.717, 1.165) is 10.6 Å². The molecule has 0 aliphatic rings. The van der Waals surface area contributed by atoms with Gasteiger partial charge in [-0.05, 0) is 50.6 Å². The van der Waals surface area contributed by atoms with Gasteiger partial charge in [-0.1, -0.05) is 23.7 Å². The maximum absolute atomic E-state index is 13.5. The largest absolute Gasteiger partial charge is 0.493 e. The van der Waals surface area contributed by atoms with E-state index < -0.39 is 28.5 Å². The first kappa shape index (κ1) is 28.3. The number of rotatable bonds is 11. The van der Waals surface area contributed by atoms with Crippen molar-refractivity contribution >= 4 is 39.1 Å². The monoisotopic (exact) mass is 525 g/mol. The lowest BCUT2D eigenvalue weighted by atomic mass is 10.1. The highest BCUT2D eigenvalue weighted by atomic mass is 35.5. The Labute approximate surface area is 212 Å². The number of amides is 2. The summed E-state index contributed by atoms with van der Waals surface area (Å²) >= 11 is 6.10. The molecule has 1 unspecified atom stereocenters. The number of nitrogens with zero attached hydrogens (tertiary/aromatic N) is 2. The number of sulfonamides is 1. The second-order valence-corrected chi connectivity index (χ2v) is 10.6. The molecule has 0 fully saturated rings. The molecule has 11 heteroatoms. The maximum atomic E-state index is 13.5. The number of nitrogens with one attached hydrogen (secondary N) is 1. The lowest BCUT2D eigenvalue weighted by molar-refractivity contribution is -0.139. The molecule has 0 aliphatic carbocycles. The summed E-state index contributed by atoms with van der Waals surface area (Å²) in [6, 6.07) is 10.5. The Kier molecular flexibility index (Phi) is 9.79. The van der Waals surface area contributed by atoms with Gasteiger partial charge in [-0.3, -0.25) is 13.9 Å². The number of methoxy groups -OCH3 is 2. The summed E-state index contributed by atoms with van der Waals surface area (Å²) in [7, 11) is -0.973. The quantitative estimate of drug-likeness (QED) is 0.483. The van der Waals surface area contributed by atoms with Crippen molar-refractivity contribution in [3.05, 3.63) is 53.1 Å². The molecule has 192 valence electrons. The van der Waals surface area contributed by atoms with E-state index in [1.54, 1.807) is 37.3 Å². The fourth-order valence-electron chi connectivity index (χ4n) is 3.41. The Morgan fingerprint density at radius 3 is 2.23 bits per heavy atom. The molecule has 0 saturated heterocycles. The van der Waals surface area contributed by atoms with Crippen molar-refractivity contribution in [3.63, 3.8) is 0 Å². The van der Waals surface area contributed by atoms with E-state index in [9.17, 15) is 18.0 Å². The molecule has 0 radical (unpaired) electrons. The van der Waals surface area contributed by atoms with Crippen LogP contribution in [-0.2, 0) is 26.2 Å². The van der Waals surface area contributed by atoms with Crippen LogP contribution in [-0.4, -0.2) is 64.2 Å². The summed E-state index contributed by atoms with van der Waals surface area (Å²) in [5.41, 5.74) is 0.924. The second-order valence-electron chi connectivity index (χ2n) is 8.30. The topological polar surface area (TPSA) is 105 Å². The van der Waals surface area contributed by atoms with Crippen LogP contribution in [0.15, 0.2) is 42.5 Å². The van der Waals surface area contributed by atoms with Gasteiger partial charge in [-0.2, -0.15) is 0 Å². The Morgan fingerprint density at radius 1 is 1.03 bits per heavy atom. The van der Waals surface area contributed by atoms with Crippen molar-refractivity contribution in [1.82, 2.24) is 10.2 Å². The molecule has 1 N–H and O–H groups in total. The van der Waals surface area contributed by atoms with Gasteiger partial charge >= 0.3 is 0 Å². The lowest BCUT2D eigenvalue weighted by Crippen LogP contribution is -2.52. The van der Waals surface area contributed by atoms with Crippen LogP contribution in [0.4, 0.5) is 5.69 Å². The average molecular weight is 526 g/mol. The zero-order chi connectivity index (χ0) is 26.3. The fourth-order valence-corrected chi connectivity index (χ4v) is 4.47. The van der Waals surface area contributed by atoms with Gasteiger partial charge in [0, 0.05) is 23.7 Å². The molecular formula is C24H32ClN3O6S. The fraction of sp³-hybridized carbons (Fsp3) is 0.417. The van der Waals surface area contributed by atoms with Crippen LogP contribution in [0.1, 0.15) is 26.3 Å². The first-order valence-electron chi connectivity index (χ1n) is 10.9. The van der Waals surface area contributed by atoms with E-state index >= 15 is 0 Å². The molecule has 0 heterocycles. The number of hydrogen-bond acceptors (Lipinski definition) is 6. The molecule has 2 aromatic carbocycles. The Hall–Kier alpha value is -2.98. The molecule has 2 rings (SSSR count). The number of carbonyl (C=O) groups excluding carboxylic acids is 2. The standard InChI is InChI=1S/C24H32ClN3O6S/c1-16(2)26-24(30)17(3)27(14-18-8-7-9-19(25)12-18)23(29)15-28(35(6,31)32)20-10-11-21(33-4)22(13-20)34-5/h7-13,16-17H,14-15H2,1-6H3,(H,26,30). The van der Waals surface area contributed by atoms with Gasteiger partial charge < -0.3 is 19.7 Å². The number of benzene rings is 2. The third-order valence-electron chi connectivity index (χ3n) is 5.17. The van der Waals surface area contributed by atoms with Crippen LogP contribution in [0.3, 0.4) is 0 Å². The van der Waals surface area contributed by atoms with E-state index in [0.29, 0.717) is 22.1 Å². The Morgan fingerprint density at radius 2 is 1.69 bits per heavy atom. The summed E-state index contributed by atoms with van der Waals surface area (Å²) in [6.07, 6.45) is 1.01. The van der Waals surface area contributed by atoms with Gasteiger partial charge in [0.25, 0.3) is 0 Å². The molecule has 9 nitrogen and oxygen atoms in total. The van der Waals surface area contributed by atoms with Gasteiger partial charge in [0.1, 0.15) is 12.6 Å². The minimum Gasteiger partial charge on any atom is -0.493 e. The maximum Gasteiger partial charge on any atom is 0.244 e. The summed E-state index contributed by atoms with van der Waals surface area (Å²) in [4.78, 5) is 27.6. The van der Waals surface area contributed by atoms with Crippen molar-refractivity contribution in [3.8, 4) is 11.5 Å². The van der Waals surface area contributed by atoms with E-state index in [1.165, 1.54) is 31.3 Å². The minimum absolute atomic E-state index is 0.0651. The van der Waals surface area contributed by atoms with Crippen molar-refractivity contribution in [2.45, 2.75) is 39.4 Å². The molecule has 0 aliphatic heterocycles. The summed E-state index contributed by atoms with van der Waals surface area (Å²) < 4.78 is 36.8. The zero-order valence-electron chi connectivity index (χ0n) is 20.7. The van der Waals surface area contributed by atoms with Crippen molar-refractivity contribution < 1.29 is 27.5 Å². The highest BCUT2D eigenvalue weighted by molar-refractivity contribution is 7.92. The van der Waals surface area contributed by atoms with E-state index in [4.69, 9.17) is 21.1 Å². The molecule has 2 amide bonds. The van der Waals surface area contributed by atoms with Crippen molar-refractivity contribution in [1.29, 1.82) is 0 Å². The summed E-state index contributed by atoms with van der Waals surface area (Å²) in [5, 5.41) is 3.28. The van der Waals surface area contributed by atoms with E-state index in [2.05, 4.69) is 5.32 Å². The molecule has 0 saturated carbocycles. The molecule has 1 atom stereocenters. The number of ether oxygens (including phenoxy) is 2. The first-order valence-corrected chi connectivity index (χ1v) is 13.1. The molecule has 2 aromatic rings. The summed E-state index contributed by atoms with van der Waals surface area (Å²) in [6.45, 7) is 4.78. The average Bonchev–Trinajstić information content (AvgIpc) is 2.78. The predicted molar refractivity (Wildman–Crippen MR) is 136 cm³/mol. The number of anilines is 1. The van der Waals surface area contributed by atoms with E-state index in [-0.39, 0.29) is 24.2 Å². The molecule has 0 aromatic heterocycles. The third-order valence-corrected chi connectivity index (χ3v) is 6.55. The SMILES string of the molecule is COc1ccc(N(CC(=O)N(Cc2cccc(Cl)c2)C(C)C(=O)NC(C)C)S(C)(=O)=O)cc1OC. The van der Waals surface area contributed by atoms with Crippen LogP contribution < -0.4 is 19.1 Å². The molecule has 0 spiro atoms. The lowest BCUT2D eigenvalue weighted by Gasteiger charge is -2.32. The van der Waals surface area contributed by atoms with Crippen LogP contribution in [0.5, 0.6) is 11.5 Å². The third kappa shape index (κ3) is 7.76. The zero-order valence-corrected chi connectivity index (χ0v) is 22.3. The summed E-state index contributed by atoms with van der Waals surface area (Å²) in [5.74, 6) is -0.187. The van der Waals surface area contributed by atoms with Gasteiger partial charge in [0.2, 0.25) is 21.8 Å². The number of halogens is 1. The molecule has 0 bridgehead atoms. The van der Waals surface area contributed by atoms with Crippen LogP contribution >= 0.6 is 11.6 Å². The van der Waals surface area contributed by atoms with Gasteiger partial charge in [-0.15, -0.1) is 0 Å². The minimum atomic E-state index is -3.87. The highest BCUT2D eigenvalue weighted by Gasteiger charge is 2.30. The predicted octanol–water partition coefficient (Wildman–Crippen LogP) is 3.07. The van der Waals surface area contributed by atoms with E-state index in [1.807, 2.05) is 13.8 Å². The van der Waals surface area contributed by atoms with Gasteiger partial charge in [-0.25, -0.2) is 8.42 Å².